The molecule has 0 spiro atoms. The number of ether oxygens (including phenoxy) is 1. The van der Waals surface area contributed by atoms with Crippen molar-refractivity contribution in [2.75, 3.05) is 32.8 Å². The molecule has 3 amide bonds. The highest BCUT2D eigenvalue weighted by molar-refractivity contribution is 7.10. The Morgan fingerprint density at radius 1 is 0.896 bits per heavy atom. The normalized spacial score (nSPS) is 18.2. The summed E-state index contributed by atoms with van der Waals surface area (Å²) in [4.78, 5) is 38.7. The smallest absolute Gasteiger partial charge is 0.416 e. The van der Waals surface area contributed by atoms with Crippen molar-refractivity contribution in [3.8, 4) is 5.75 Å². The molecule has 1 saturated heterocycles. The van der Waals surface area contributed by atoms with Gasteiger partial charge < -0.3 is 14.5 Å². The Morgan fingerprint density at radius 3 is 2.10 bits per heavy atom. The number of carbonyl (C=O) groups is 2. The van der Waals surface area contributed by atoms with E-state index in [1.54, 1.807) is 41.0 Å². The molecule has 48 heavy (non-hydrogen) atoms. The van der Waals surface area contributed by atoms with Crippen molar-refractivity contribution in [3.05, 3.63) is 121 Å². The molecule has 250 valence electrons. The van der Waals surface area contributed by atoms with Gasteiger partial charge in [-0.2, -0.15) is 13.2 Å². The van der Waals surface area contributed by atoms with Crippen LogP contribution in [0.25, 0.3) is 0 Å². The summed E-state index contributed by atoms with van der Waals surface area (Å²) in [5, 5.41) is 2.95. The summed E-state index contributed by atoms with van der Waals surface area (Å²) >= 11 is 14.0. The quantitative estimate of drug-likeness (QED) is 0.193. The zero-order valence-corrected chi connectivity index (χ0v) is 28.1. The van der Waals surface area contributed by atoms with Gasteiger partial charge in [-0.15, -0.1) is 11.3 Å². The molecule has 4 aromatic rings. The first-order valence-corrected chi connectivity index (χ1v) is 17.0. The van der Waals surface area contributed by atoms with Crippen LogP contribution < -0.4 is 4.74 Å². The Bertz CT molecular complexity index is 1790. The number of thiophene rings is 1. The van der Waals surface area contributed by atoms with Crippen LogP contribution in [0, 0.1) is 0 Å². The van der Waals surface area contributed by atoms with E-state index in [4.69, 9.17) is 32.9 Å². The first-order valence-electron chi connectivity index (χ1n) is 15.3. The van der Waals surface area contributed by atoms with E-state index in [1.807, 2.05) is 41.8 Å². The summed E-state index contributed by atoms with van der Waals surface area (Å²) in [6.07, 6.45) is -4.31. The third-order valence-electron chi connectivity index (χ3n) is 8.35. The number of amides is 3. The number of rotatable bonds is 7. The van der Waals surface area contributed by atoms with Gasteiger partial charge in [0.25, 0.3) is 0 Å². The monoisotopic (exact) mass is 714 g/mol. The summed E-state index contributed by atoms with van der Waals surface area (Å²) in [5.41, 5.74) is 0.846. The van der Waals surface area contributed by atoms with Gasteiger partial charge in [-0.3, -0.25) is 14.7 Å². The topological polar surface area (TPSA) is 65.5 Å². The van der Waals surface area contributed by atoms with Crippen LogP contribution in [0.2, 0.25) is 10.0 Å². The Morgan fingerprint density at radius 2 is 1.52 bits per heavy atom. The Labute approximate surface area is 290 Å². The molecule has 3 heterocycles. The van der Waals surface area contributed by atoms with Crippen LogP contribution in [-0.4, -0.2) is 65.3 Å². The third kappa shape index (κ3) is 7.18. The number of nitrogens with zero attached hydrogens (tertiary/aromatic N) is 4. The second-order valence-electron chi connectivity index (χ2n) is 11.4. The fourth-order valence-electron chi connectivity index (χ4n) is 5.99. The molecule has 0 N–H and O–H groups in total. The van der Waals surface area contributed by atoms with Crippen molar-refractivity contribution in [2.24, 2.45) is 4.99 Å². The minimum Gasteiger partial charge on any atom is -0.493 e. The molecule has 2 aliphatic heterocycles. The van der Waals surface area contributed by atoms with Gasteiger partial charge in [0.2, 0.25) is 5.91 Å². The average Bonchev–Trinajstić information content (AvgIpc) is 3.73. The molecule has 2 atom stereocenters. The molecule has 2 unspecified atom stereocenters. The van der Waals surface area contributed by atoms with Crippen LogP contribution in [0.4, 0.5) is 18.0 Å². The van der Waals surface area contributed by atoms with Crippen molar-refractivity contribution in [3.63, 3.8) is 0 Å². The average molecular weight is 716 g/mol. The van der Waals surface area contributed by atoms with Gasteiger partial charge in [-0.05, 0) is 72.0 Å². The SMILES string of the molecule is CCOc1cc(C(F)(F)F)ccc1C1=NC(c2ccc(Cl)cc2)C(c2ccc(Cl)cc2)N1C(=O)N1CCN(C(=O)Cc2cccs2)CC1. The number of alkyl halides is 3. The summed E-state index contributed by atoms with van der Waals surface area (Å²) in [5.74, 6) is 0.119. The van der Waals surface area contributed by atoms with Gasteiger partial charge in [0.1, 0.15) is 17.6 Å². The van der Waals surface area contributed by atoms with Gasteiger partial charge in [-0.1, -0.05) is 53.5 Å². The summed E-state index contributed by atoms with van der Waals surface area (Å²) < 4.78 is 47.1. The van der Waals surface area contributed by atoms with Crippen LogP contribution in [0.15, 0.2) is 89.2 Å². The highest BCUT2D eigenvalue weighted by atomic mass is 35.5. The summed E-state index contributed by atoms with van der Waals surface area (Å²) in [6.45, 7) is 2.99. The highest BCUT2D eigenvalue weighted by Gasteiger charge is 2.45. The van der Waals surface area contributed by atoms with Crippen molar-refractivity contribution in [1.82, 2.24) is 14.7 Å². The van der Waals surface area contributed by atoms with Crippen LogP contribution in [0.1, 0.15) is 46.1 Å². The number of piperazine rings is 1. The molecule has 0 bridgehead atoms. The number of aliphatic imine (C=N–C) groups is 1. The molecule has 0 saturated carbocycles. The maximum absolute atomic E-state index is 14.7. The van der Waals surface area contributed by atoms with Crippen molar-refractivity contribution in [1.29, 1.82) is 0 Å². The highest BCUT2D eigenvalue weighted by Crippen LogP contribution is 2.46. The number of benzene rings is 3. The van der Waals surface area contributed by atoms with E-state index in [1.165, 1.54) is 22.3 Å². The minimum absolute atomic E-state index is 0.0130. The number of carbonyl (C=O) groups excluding carboxylic acids is 2. The zero-order valence-electron chi connectivity index (χ0n) is 25.8. The molecule has 3 aromatic carbocycles. The Balaban J connectivity index is 1.40. The van der Waals surface area contributed by atoms with E-state index < -0.39 is 29.9 Å². The Hall–Kier alpha value is -4.06. The number of halogens is 5. The number of urea groups is 1. The number of amidine groups is 1. The molecule has 6 rings (SSSR count). The molecule has 0 radical (unpaired) electrons. The van der Waals surface area contributed by atoms with Gasteiger partial charge >= 0.3 is 12.2 Å². The predicted molar refractivity (Wildman–Crippen MR) is 181 cm³/mol. The summed E-state index contributed by atoms with van der Waals surface area (Å²) in [7, 11) is 0. The van der Waals surface area contributed by atoms with E-state index in [-0.39, 0.29) is 42.8 Å². The van der Waals surface area contributed by atoms with E-state index in [0.29, 0.717) is 29.6 Å². The fourth-order valence-corrected chi connectivity index (χ4v) is 6.93. The number of hydrogen-bond acceptors (Lipinski definition) is 5. The lowest BCUT2D eigenvalue weighted by atomic mass is 9.93. The minimum atomic E-state index is -4.60. The molecule has 1 fully saturated rings. The Kier molecular flexibility index (Phi) is 10.0. The van der Waals surface area contributed by atoms with Crippen LogP contribution >= 0.6 is 34.5 Å². The van der Waals surface area contributed by atoms with Gasteiger partial charge in [0.05, 0.1) is 30.2 Å². The maximum Gasteiger partial charge on any atom is 0.416 e. The van der Waals surface area contributed by atoms with Crippen molar-refractivity contribution >= 4 is 52.3 Å². The second kappa shape index (κ2) is 14.2. The molecule has 0 aliphatic carbocycles. The third-order valence-corrected chi connectivity index (χ3v) is 9.73. The van der Waals surface area contributed by atoms with Crippen molar-refractivity contribution in [2.45, 2.75) is 31.6 Å². The molecule has 13 heteroatoms. The largest absolute Gasteiger partial charge is 0.493 e. The molecular weight excluding hydrogens is 684 g/mol. The molecule has 2 aliphatic rings. The number of hydrogen-bond donors (Lipinski definition) is 0. The predicted octanol–water partition coefficient (Wildman–Crippen LogP) is 8.52. The van der Waals surface area contributed by atoms with Gasteiger partial charge in [0.15, 0.2) is 0 Å². The van der Waals surface area contributed by atoms with Crippen LogP contribution in [0.3, 0.4) is 0 Å². The van der Waals surface area contributed by atoms with Gasteiger partial charge in [0, 0.05) is 41.1 Å². The summed E-state index contributed by atoms with van der Waals surface area (Å²) in [6, 6.07) is 19.5. The van der Waals surface area contributed by atoms with Gasteiger partial charge in [-0.25, -0.2) is 4.79 Å². The lowest BCUT2D eigenvalue weighted by molar-refractivity contribution is -0.137. The van der Waals surface area contributed by atoms with E-state index in [0.717, 1.165) is 28.1 Å². The van der Waals surface area contributed by atoms with Crippen molar-refractivity contribution < 1.29 is 27.5 Å². The first kappa shape index (κ1) is 33.8. The lowest BCUT2D eigenvalue weighted by Gasteiger charge is -2.39. The molecule has 7 nitrogen and oxygen atoms in total. The van der Waals surface area contributed by atoms with Crippen LogP contribution in [-0.2, 0) is 17.4 Å². The fraction of sp³-hybridized carbons (Fsp3) is 0.286. The zero-order chi connectivity index (χ0) is 34.0. The second-order valence-corrected chi connectivity index (χ2v) is 13.3. The van der Waals surface area contributed by atoms with Crippen LogP contribution in [0.5, 0.6) is 5.75 Å². The van der Waals surface area contributed by atoms with E-state index in [2.05, 4.69) is 0 Å². The maximum atomic E-state index is 14.7. The molecule has 1 aromatic heterocycles. The van der Waals surface area contributed by atoms with E-state index >= 15 is 0 Å². The first-order chi connectivity index (χ1) is 23.0. The molecular formula is C35H31Cl2F3N4O3S. The lowest BCUT2D eigenvalue weighted by Crippen LogP contribution is -2.55. The standard InChI is InChI=1S/C35H31Cl2F3N4O3S/c1-2-47-29-20-24(35(38,39)40)9-14-28(29)33-41-31(22-5-10-25(36)11-6-22)32(23-7-12-26(37)13-8-23)44(33)34(46)43-17-15-42(16-18-43)30(45)21-27-4-3-19-48-27/h3-14,19-20,31-32H,2,15-18,21H2,1H3. The van der Waals surface area contributed by atoms with E-state index in [9.17, 15) is 22.8 Å².